The Kier molecular flexibility index (Phi) is 6.34. The Morgan fingerprint density at radius 2 is 1.96 bits per heavy atom. The van der Waals surface area contributed by atoms with E-state index in [1.54, 1.807) is 19.9 Å². The third-order valence-corrected chi connectivity index (χ3v) is 5.37. The molecule has 4 N–H and O–H groups in total. The van der Waals surface area contributed by atoms with Crippen LogP contribution in [0.1, 0.15) is 27.9 Å². The second kappa shape index (κ2) is 8.06. The molecule has 1 aliphatic heterocycles. The van der Waals surface area contributed by atoms with Crippen molar-refractivity contribution < 1.29 is 13.2 Å². The van der Waals surface area contributed by atoms with Crippen LogP contribution < -0.4 is 15.8 Å². The van der Waals surface area contributed by atoms with Gasteiger partial charge >= 0.3 is 0 Å². The van der Waals surface area contributed by atoms with Crippen LogP contribution in [0.15, 0.2) is 17.0 Å². The molecule has 1 saturated heterocycles. The van der Waals surface area contributed by atoms with Gasteiger partial charge in [-0.15, -0.1) is 0 Å². The van der Waals surface area contributed by atoms with E-state index in [0.29, 0.717) is 17.7 Å². The van der Waals surface area contributed by atoms with Crippen LogP contribution in [-0.4, -0.2) is 58.5 Å². The first kappa shape index (κ1) is 18.9. The fourth-order valence-electron chi connectivity index (χ4n) is 2.80. The smallest absolute Gasteiger partial charge is 0.251 e. The zero-order valence-corrected chi connectivity index (χ0v) is 15.1. The molecule has 2 rings (SSSR count). The maximum atomic E-state index is 12.3. The highest BCUT2D eigenvalue weighted by molar-refractivity contribution is 7.89. The van der Waals surface area contributed by atoms with Crippen LogP contribution in [0.25, 0.3) is 0 Å². The number of carbonyl (C=O) groups is 1. The number of carbonyl (C=O) groups excluding carboxylic acids is 1. The Morgan fingerprint density at radius 3 is 2.58 bits per heavy atom. The van der Waals surface area contributed by atoms with Crippen LogP contribution in [0.3, 0.4) is 0 Å². The summed E-state index contributed by atoms with van der Waals surface area (Å²) in [5.74, 6) is -0.275. The molecule has 8 heteroatoms. The van der Waals surface area contributed by atoms with E-state index >= 15 is 0 Å². The summed E-state index contributed by atoms with van der Waals surface area (Å²) in [5, 5.41) is 11.4. The Hall–Kier alpha value is -1.48. The Morgan fingerprint density at radius 1 is 1.29 bits per heavy atom. The number of hydrogen-bond acceptors (Lipinski definition) is 5. The first-order valence-electron chi connectivity index (χ1n) is 8.14. The number of benzene rings is 1. The van der Waals surface area contributed by atoms with Gasteiger partial charge in [-0.2, -0.15) is 0 Å². The number of rotatable bonds is 6. The number of hydrogen-bond donors (Lipinski definition) is 3. The molecule has 1 aromatic carbocycles. The van der Waals surface area contributed by atoms with E-state index in [9.17, 15) is 13.2 Å². The van der Waals surface area contributed by atoms with Gasteiger partial charge in [-0.25, -0.2) is 13.6 Å². The van der Waals surface area contributed by atoms with Gasteiger partial charge < -0.3 is 15.5 Å². The van der Waals surface area contributed by atoms with Crippen molar-refractivity contribution in [1.29, 1.82) is 0 Å². The molecule has 0 aliphatic carbocycles. The van der Waals surface area contributed by atoms with Crippen LogP contribution in [0.4, 0.5) is 0 Å². The lowest BCUT2D eigenvalue weighted by atomic mass is 10.1. The van der Waals surface area contributed by atoms with Crippen molar-refractivity contribution in [2.45, 2.75) is 25.2 Å². The predicted octanol–water partition coefficient (Wildman–Crippen LogP) is -0.0241. The SMILES string of the molecule is Cc1cc(C(=O)NCCCN2CCNCC2)cc(S(N)(=O)=O)c1C. The second-order valence-electron chi connectivity index (χ2n) is 6.16. The van der Waals surface area contributed by atoms with Gasteiger partial charge in [-0.3, -0.25) is 4.79 Å². The second-order valence-corrected chi connectivity index (χ2v) is 7.69. The van der Waals surface area contributed by atoms with Gasteiger partial charge in [0.15, 0.2) is 0 Å². The van der Waals surface area contributed by atoms with Crippen molar-refractivity contribution in [2.24, 2.45) is 5.14 Å². The summed E-state index contributed by atoms with van der Waals surface area (Å²) < 4.78 is 23.3. The summed E-state index contributed by atoms with van der Waals surface area (Å²) in [6.07, 6.45) is 0.860. The van der Waals surface area contributed by atoms with Crippen molar-refractivity contribution in [3.8, 4) is 0 Å². The molecule has 0 radical (unpaired) electrons. The van der Waals surface area contributed by atoms with Gasteiger partial charge in [0.25, 0.3) is 5.91 Å². The van der Waals surface area contributed by atoms with E-state index in [1.165, 1.54) is 6.07 Å². The van der Waals surface area contributed by atoms with E-state index < -0.39 is 10.0 Å². The van der Waals surface area contributed by atoms with Crippen molar-refractivity contribution >= 4 is 15.9 Å². The molecule has 1 amide bonds. The molecule has 0 unspecified atom stereocenters. The minimum atomic E-state index is -3.84. The van der Waals surface area contributed by atoms with Crippen molar-refractivity contribution in [2.75, 3.05) is 39.3 Å². The third kappa shape index (κ3) is 5.01. The predicted molar refractivity (Wildman–Crippen MR) is 93.5 cm³/mol. The standard InChI is InChI=1S/C16H26N4O3S/c1-12-10-14(11-15(13(12)2)24(17,22)23)16(21)19-4-3-7-20-8-5-18-6-9-20/h10-11,18H,3-9H2,1-2H3,(H,19,21)(H2,17,22,23). The summed E-state index contributed by atoms with van der Waals surface area (Å²) in [4.78, 5) is 14.6. The molecule has 0 aromatic heterocycles. The number of sulfonamides is 1. The van der Waals surface area contributed by atoms with Gasteiger partial charge in [0.05, 0.1) is 4.90 Å². The normalized spacial score (nSPS) is 16.1. The van der Waals surface area contributed by atoms with Crippen molar-refractivity contribution in [3.63, 3.8) is 0 Å². The quantitative estimate of drug-likeness (QED) is 0.623. The number of nitrogens with one attached hydrogen (secondary N) is 2. The lowest BCUT2D eigenvalue weighted by Gasteiger charge is -2.27. The minimum absolute atomic E-state index is 0.00784. The lowest BCUT2D eigenvalue weighted by molar-refractivity contribution is 0.0951. The van der Waals surface area contributed by atoms with Gasteiger partial charge in [-0.05, 0) is 50.1 Å². The average Bonchev–Trinajstić information content (AvgIpc) is 2.53. The van der Waals surface area contributed by atoms with Crippen LogP contribution in [0.5, 0.6) is 0 Å². The average molecular weight is 354 g/mol. The molecule has 24 heavy (non-hydrogen) atoms. The van der Waals surface area contributed by atoms with E-state index in [0.717, 1.165) is 44.7 Å². The largest absolute Gasteiger partial charge is 0.352 e. The highest BCUT2D eigenvalue weighted by atomic mass is 32.2. The monoisotopic (exact) mass is 354 g/mol. The third-order valence-electron chi connectivity index (χ3n) is 4.33. The zero-order chi connectivity index (χ0) is 17.7. The summed E-state index contributed by atoms with van der Waals surface area (Å²) in [6, 6.07) is 3.04. The van der Waals surface area contributed by atoms with Gasteiger partial charge in [0, 0.05) is 38.3 Å². The van der Waals surface area contributed by atoms with Crippen LogP contribution in [-0.2, 0) is 10.0 Å². The molecule has 0 atom stereocenters. The summed E-state index contributed by atoms with van der Waals surface area (Å²) in [6.45, 7) is 9.02. The number of aryl methyl sites for hydroxylation is 1. The maximum absolute atomic E-state index is 12.3. The number of primary sulfonamides is 1. The Labute approximate surface area is 143 Å². The number of piperazine rings is 1. The number of amides is 1. The van der Waals surface area contributed by atoms with Crippen molar-refractivity contribution in [3.05, 3.63) is 28.8 Å². The highest BCUT2D eigenvalue weighted by Gasteiger charge is 2.17. The molecule has 1 aromatic rings. The lowest BCUT2D eigenvalue weighted by Crippen LogP contribution is -2.44. The summed E-state index contributed by atoms with van der Waals surface area (Å²) in [7, 11) is -3.84. The molecule has 0 spiro atoms. The molecule has 0 saturated carbocycles. The fourth-order valence-corrected chi connectivity index (χ4v) is 3.67. The van der Waals surface area contributed by atoms with Crippen molar-refractivity contribution in [1.82, 2.24) is 15.5 Å². The van der Waals surface area contributed by atoms with Gasteiger partial charge in [-0.1, -0.05) is 0 Å². The van der Waals surface area contributed by atoms with Gasteiger partial charge in [0.1, 0.15) is 0 Å². The number of nitrogens with zero attached hydrogens (tertiary/aromatic N) is 1. The fraction of sp³-hybridized carbons (Fsp3) is 0.562. The summed E-state index contributed by atoms with van der Waals surface area (Å²) in [5.41, 5.74) is 1.63. The summed E-state index contributed by atoms with van der Waals surface area (Å²) >= 11 is 0. The number of nitrogens with two attached hydrogens (primary N) is 1. The van der Waals surface area contributed by atoms with Crippen LogP contribution >= 0.6 is 0 Å². The van der Waals surface area contributed by atoms with E-state index in [2.05, 4.69) is 15.5 Å². The molecule has 1 aliphatic rings. The topological polar surface area (TPSA) is 105 Å². The maximum Gasteiger partial charge on any atom is 0.251 e. The molecule has 7 nitrogen and oxygen atoms in total. The molecule has 1 fully saturated rings. The molecular formula is C16H26N4O3S. The van der Waals surface area contributed by atoms with Crippen LogP contribution in [0, 0.1) is 13.8 Å². The molecule has 0 bridgehead atoms. The van der Waals surface area contributed by atoms with E-state index in [1.807, 2.05) is 0 Å². The van der Waals surface area contributed by atoms with E-state index in [-0.39, 0.29) is 10.8 Å². The molecular weight excluding hydrogens is 328 g/mol. The zero-order valence-electron chi connectivity index (χ0n) is 14.3. The first-order valence-corrected chi connectivity index (χ1v) is 9.69. The molecule has 134 valence electrons. The van der Waals surface area contributed by atoms with Gasteiger partial charge in [0.2, 0.25) is 10.0 Å². The highest BCUT2D eigenvalue weighted by Crippen LogP contribution is 2.20. The first-order chi connectivity index (χ1) is 11.3. The molecule has 1 heterocycles. The minimum Gasteiger partial charge on any atom is -0.352 e. The Bertz CT molecular complexity index is 698. The van der Waals surface area contributed by atoms with E-state index in [4.69, 9.17) is 5.14 Å². The Balaban J connectivity index is 1.93. The van der Waals surface area contributed by atoms with Crippen LogP contribution in [0.2, 0.25) is 0 Å².